The van der Waals surface area contributed by atoms with Gasteiger partial charge in [-0.25, -0.2) is 9.18 Å². The van der Waals surface area contributed by atoms with Crippen molar-refractivity contribution in [1.29, 1.82) is 0 Å². The van der Waals surface area contributed by atoms with Crippen LogP contribution in [0.15, 0.2) is 17.1 Å². The summed E-state index contributed by atoms with van der Waals surface area (Å²) in [6, 6.07) is 0.960. The number of aromatic nitrogens is 1. The van der Waals surface area contributed by atoms with Crippen LogP contribution in [0, 0.1) is 11.2 Å². The fourth-order valence-electron chi connectivity index (χ4n) is 3.80. The van der Waals surface area contributed by atoms with Crippen LogP contribution < -0.4 is 25.8 Å². The van der Waals surface area contributed by atoms with E-state index >= 15 is 4.39 Å². The quantitative estimate of drug-likeness (QED) is 0.804. The van der Waals surface area contributed by atoms with E-state index in [1.54, 1.807) is 12.1 Å². The molecule has 1 aromatic carbocycles. The van der Waals surface area contributed by atoms with Crippen LogP contribution in [0.1, 0.15) is 24.2 Å². The summed E-state index contributed by atoms with van der Waals surface area (Å²) in [4.78, 5) is 25.9. The number of ether oxygens (including phenoxy) is 1. The second-order valence-electron chi connectivity index (χ2n) is 7.86. The summed E-state index contributed by atoms with van der Waals surface area (Å²) in [6.07, 6.45) is 1.25. The van der Waals surface area contributed by atoms with Crippen molar-refractivity contribution in [1.82, 2.24) is 4.68 Å². The molecule has 1 aromatic heterocycles. The fraction of sp³-hybridized carbons (Fsp3) is 0.444. The van der Waals surface area contributed by atoms with Crippen LogP contribution in [0.25, 0.3) is 10.9 Å². The van der Waals surface area contributed by atoms with Crippen molar-refractivity contribution in [2.24, 2.45) is 11.1 Å². The molecular weight excluding hydrogens is 355 g/mol. The van der Waals surface area contributed by atoms with Crippen molar-refractivity contribution >= 4 is 22.6 Å². The van der Waals surface area contributed by atoms with Crippen molar-refractivity contribution < 1.29 is 19.0 Å². The van der Waals surface area contributed by atoms with Gasteiger partial charge in [-0.1, -0.05) is 13.8 Å². The van der Waals surface area contributed by atoms with Crippen LogP contribution in [0.5, 0.6) is 5.75 Å². The summed E-state index contributed by atoms with van der Waals surface area (Å²) in [6.45, 7) is 5.13. The van der Waals surface area contributed by atoms with Crippen LogP contribution in [-0.2, 0) is 0 Å². The van der Waals surface area contributed by atoms with E-state index in [0.29, 0.717) is 18.6 Å². The van der Waals surface area contributed by atoms with Gasteiger partial charge in [-0.05, 0) is 11.5 Å². The first-order valence-corrected chi connectivity index (χ1v) is 8.61. The van der Waals surface area contributed by atoms with Gasteiger partial charge in [-0.3, -0.25) is 14.5 Å². The van der Waals surface area contributed by atoms with E-state index in [0.717, 1.165) is 6.07 Å². The third kappa shape index (κ3) is 2.45. The molecule has 1 unspecified atom stereocenters. The molecule has 9 heteroatoms. The molecular formula is C18H21FN4O4. The highest BCUT2D eigenvalue weighted by Crippen LogP contribution is 2.43. The Hall–Kier alpha value is -2.81. The summed E-state index contributed by atoms with van der Waals surface area (Å²) in [5.74, 6) is -1.75. The summed E-state index contributed by atoms with van der Waals surface area (Å²) in [7, 11) is 1.69. The Balaban J connectivity index is 2.03. The van der Waals surface area contributed by atoms with Gasteiger partial charge in [0.25, 0.3) is 0 Å². The highest BCUT2D eigenvalue weighted by atomic mass is 19.1. The average Bonchev–Trinajstić information content (AvgIpc) is 2.84. The van der Waals surface area contributed by atoms with Crippen molar-refractivity contribution in [2.75, 3.05) is 36.8 Å². The Morgan fingerprint density at radius 1 is 1.44 bits per heavy atom. The molecule has 2 aliphatic heterocycles. The van der Waals surface area contributed by atoms with E-state index in [2.05, 4.69) is 0 Å². The Morgan fingerprint density at radius 3 is 2.74 bits per heavy atom. The number of carboxylic acids is 1. The summed E-state index contributed by atoms with van der Waals surface area (Å²) >= 11 is 0. The smallest absolute Gasteiger partial charge is 0.341 e. The first-order chi connectivity index (χ1) is 12.6. The maximum atomic E-state index is 15.1. The number of aromatic carboxylic acids is 1. The highest BCUT2D eigenvalue weighted by Gasteiger charge is 2.40. The summed E-state index contributed by atoms with van der Waals surface area (Å²) in [5.41, 5.74) is 5.46. The monoisotopic (exact) mass is 376 g/mol. The number of pyridine rings is 1. The molecule has 8 nitrogen and oxygen atoms in total. The van der Waals surface area contributed by atoms with Gasteiger partial charge in [-0.2, -0.15) is 0 Å². The number of carbonyl (C=O) groups is 1. The van der Waals surface area contributed by atoms with Gasteiger partial charge in [0.1, 0.15) is 16.8 Å². The van der Waals surface area contributed by atoms with E-state index in [1.165, 1.54) is 10.9 Å². The van der Waals surface area contributed by atoms with Gasteiger partial charge in [-0.15, -0.1) is 0 Å². The van der Waals surface area contributed by atoms with Gasteiger partial charge < -0.3 is 20.5 Å². The molecule has 27 heavy (non-hydrogen) atoms. The Kier molecular flexibility index (Phi) is 3.64. The zero-order valence-electron chi connectivity index (χ0n) is 15.3. The lowest BCUT2D eigenvalue weighted by molar-refractivity contribution is 0.0694. The maximum absolute atomic E-state index is 15.1. The summed E-state index contributed by atoms with van der Waals surface area (Å²) < 4.78 is 22.4. The zero-order chi connectivity index (χ0) is 19.7. The van der Waals surface area contributed by atoms with Crippen LogP contribution in [0.4, 0.5) is 10.1 Å². The second-order valence-corrected chi connectivity index (χ2v) is 7.86. The standard InChI is InChI=1S/C18H21FN4O4/c1-18(2)7-22(6-12(18)20)14-11(19)4-9-13-16(14)27-8-21(3)23(13)5-10(15(9)24)17(25)26/h4-5,12H,6-8,20H2,1-3H3,(H,25,26). The van der Waals surface area contributed by atoms with E-state index in [9.17, 15) is 14.7 Å². The minimum Gasteiger partial charge on any atom is -0.477 e. The van der Waals surface area contributed by atoms with E-state index < -0.39 is 22.8 Å². The number of hydrogen-bond donors (Lipinski definition) is 2. The molecule has 1 fully saturated rings. The fourth-order valence-corrected chi connectivity index (χ4v) is 3.80. The molecule has 2 aliphatic rings. The van der Waals surface area contributed by atoms with Gasteiger partial charge in [0.2, 0.25) is 5.43 Å². The molecule has 3 heterocycles. The maximum Gasteiger partial charge on any atom is 0.341 e. The molecule has 144 valence electrons. The van der Waals surface area contributed by atoms with Gasteiger partial charge in [0, 0.05) is 32.4 Å². The number of hydrogen-bond acceptors (Lipinski definition) is 6. The lowest BCUT2D eigenvalue weighted by Crippen LogP contribution is -2.40. The predicted octanol–water partition coefficient (Wildman–Crippen LogP) is 0.930. The lowest BCUT2D eigenvalue weighted by Gasteiger charge is -2.33. The van der Waals surface area contributed by atoms with Crippen molar-refractivity contribution in [3.8, 4) is 5.75 Å². The van der Waals surface area contributed by atoms with E-state index in [1.807, 2.05) is 18.7 Å². The zero-order valence-corrected chi connectivity index (χ0v) is 15.3. The Bertz CT molecular complexity index is 1030. The van der Waals surface area contributed by atoms with Crippen LogP contribution in [0.3, 0.4) is 0 Å². The van der Waals surface area contributed by atoms with Crippen LogP contribution >= 0.6 is 0 Å². The molecule has 3 N–H and O–H groups in total. The second kappa shape index (κ2) is 5.59. The number of rotatable bonds is 2. The SMILES string of the molecule is CN1COc2c(N3CC(N)C(C)(C)C3)c(F)cc3c(=O)c(C(=O)O)cn1c23. The molecule has 0 saturated carbocycles. The minimum absolute atomic E-state index is 0.0274. The average molecular weight is 376 g/mol. The summed E-state index contributed by atoms with van der Waals surface area (Å²) in [5, 5.41) is 10.9. The van der Waals surface area contributed by atoms with Crippen molar-refractivity contribution in [3.63, 3.8) is 0 Å². The minimum atomic E-state index is -1.36. The van der Waals surface area contributed by atoms with Crippen LogP contribution in [0.2, 0.25) is 0 Å². The molecule has 4 rings (SSSR count). The van der Waals surface area contributed by atoms with E-state index in [4.69, 9.17) is 10.5 Å². The highest BCUT2D eigenvalue weighted by molar-refractivity contribution is 5.97. The number of benzene rings is 1. The van der Waals surface area contributed by atoms with Gasteiger partial charge in [0.15, 0.2) is 18.3 Å². The van der Waals surface area contributed by atoms with Gasteiger partial charge >= 0.3 is 5.97 Å². The van der Waals surface area contributed by atoms with Gasteiger partial charge in [0.05, 0.1) is 5.39 Å². The normalized spacial score (nSPS) is 20.9. The molecule has 0 amide bonds. The van der Waals surface area contributed by atoms with Crippen molar-refractivity contribution in [2.45, 2.75) is 19.9 Å². The first kappa shape index (κ1) is 17.6. The van der Waals surface area contributed by atoms with Crippen molar-refractivity contribution in [3.05, 3.63) is 33.9 Å². The molecule has 1 saturated heterocycles. The van der Waals surface area contributed by atoms with Crippen LogP contribution in [-0.4, -0.2) is 48.7 Å². The molecule has 2 aromatic rings. The molecule has 0 aliphatic carbocycles. The third-order valence-corrected chi connectivity index (χ3v) is 5.48. The Labute approximate surface area is 154 Å². The largest absolute Gasteiger partial charge is 0.477 e. The lowest BCUT2D eigenvalue weighted by atomic mass is 9.89. The Morgan fingerprint density at radius 2 is 2.15 bits per heavy atom. The predicted molar refractivity (Wildman–Crippen MR) is 98.7 cm³/mol. The number of anilines is 1. The number of nitrogens with zero attached hydrogens (tertiary/aromatic N) is 3. The number of nitrogens with two attached hydrogens (primary N) is 1. The first-order valence-electron chi connectivity index (χ1n) is 8.61. The number of halogens is 1. The molecule has 1 atom stereocenters. The van der Waals surface area contributed by atoms with E-state index in [-0.39, 0.29) is 35.0 Å². The molecule has 0 bridgehead atoms. The molecule has 0 radical (unpaired) electrons. The topological polar surface area (TPSA) is 101 Å². The number of carboxylic acid groups (broad SMARTS) is 1. The molecule has 0 spiro atoms. The third-order valence-electron chi connectivity index (χ3n) is 5.48.